The fraction of sp³-hybridized carbons (Fsp3) is 1.00. The Hall–Kier alpha value is -0.800. The second-order valence-corrected chi connectivity index (χ2v) is 0.525. The van der Waals surface area contributed by atoms with Crippen LogP contribution in [-0.2, 0) is 0 Å². The van der Waals surface area contributed by atoms with E-state index in [9.17, 15) is 0 Å². The standard InChI is InChI=1S/CH2N4/c1-2-4-5-3-1/h1H2/i1D. The van der Waals surface area contributed by atoms with E-state index in [-0.39, 0.29) is 0 Å². The summed E-state index contributed by atoms with van der Waals surface area (Å²) in [6.45, 7) is -0.787. The third kappa shape index (κ3) is 0.261. The molecule has 0 aromatic rings. The lowest BCUT2D eigenvalue weighted by atomic mass is 11.2. The predicted octanol–water partition coefficient (Wildman–Crippen LogP) is 0.777. The summed E-state index contributed by atoms with van der Waals surface area (Å²) < 4.78 is 6.61. The zero-order chi connectivity index (χ0) is 4.41. The van der Waals surface area contributed by atoms with Crippen LogP contribution in [0.25, 0.3) is 0 Å². The Morgan fingerprint density at radius 2 is 2.00 bits per heavy atom. The Morgan fingerprint density at radius 3 is 2.20 bits per heavy atom. The lowest BCUT2D eigenvalue weighted by Crippen LogP contribution is -1.52. The lowest BCUT2D eigenvalue weighted by Gasteiger charge is -1.52. The summed E-state index contributed by atoms with van der Waals surface area (Å²) in [5.74, 6) is 0. The van der Waals surface area contributed by atoms with E-state index in [1.165, 1.54) is 0 Å². The van der Waals surface area contributed by atoms with E-state index >= 15 is 0 Å². The molecule has 1 aliphatic heterocycles. The van der Waals surface area contributed by atoms with Crippen molar-refractivity contribution in [2.24, 2.45) is 20.7 Å². The van der Waals surface area contributed by atoms with E-state index in [2.05, 4.69) is 20.7 Å². The van der Waals surface area contributed by atoms with Crippen LogP contribution in [0.1, 0.15) is 1.37 Å². The van der Waals surface area contributed by atoms with Crippen molar-refractivity contribution in [3.8, 4) is 0 Å². The van der Waals surface area contributed by atoms with Crippen LogP contribution < -0.4 is 0 Å². The molecule has 5 heavy (non-hydrogen) atoms. The Bertz CT molecular complexity index is 83.7. The Labute approximate surface area is 30.0 Å². The van der Waals surface area contributed by atoms with Gasteiger partial charge >= 0.3 is 0 Å². The first kappa shape index (κ1) is 1.59. The molecule has 0 aliphatic carbocycles. The van der Waals surface area contributed by atoms with Gasteiger partial charge in [-0.15, -0.1) is 10.2 Å². The maximum atomic E-state index is 6.61. The van der Waals surface area contributed by atoms with E-state index < -0.39 is 6.64 Å². The summed E-state index contributed by atoms with van der Waals surface area (Å²) >= 11 is 0. The van der Waals surface area contributed by atoms with Crippen molar-refractivity contribution >= 4 is 0 Å². The van der Waals surface area contributed by atoms with Gasteiger partial charge < -0.3 is 0 Å². The molecule has 1 aliphatic rings. The first-order valence-electron chi connectivity index (χ1n) is 1.69. The molecule has 0 radical (unpaired) electrons. The van der Waals surface area contributed by atoms with Crippen LogP contribution in [0.2, 0.25) is 0 Å². The minimum Gasteiger partial charge on any atom is -0.142 e. The molecule has 0 aromatic heterocycles. The van der Waals surface area contributed by atoms with Gasteiger partial charge in [0.2, 0.25) is 0 Å². The molecule has 0 N–H and O–H groups in total. The van der Waals surface area contributed by atoms with Crippen LogP contribution in [0.3, 0.4) is 0 Å². The molecule has 0 atom stereocenters. The smallest absolute Gasteiger partial charge is 0.142 e. The zero-order valence-corrected chi connectivity index (χ0v) is 2.37. The molecular formula is CH2N4. The molecule has 0 aromatic carbocycles. The van der Waals surface area contributed by atoms with Crippen molar-refractivity contribution in [2.75, 3.05) is 6.64 Å². The molecule has 1 rings (SSSR count). The van der Waals surface area contributed by atoms with Gasteiger partial charge in [-0.3, -0.25) is 0 Å². The molecule has 0 unspecified atom stereocenters. The van der Waals surface area contributed by atoms with Gasteiger partial charge in [-0.2, -0.15) is 0 Å². The van der Waals surface area contributed by atoms with E-state index in [1.807, 2.05) is 0 Å². The fourth-order valence-corrected chi connectivity index (χ4v) is 0.115. The maximum Gasteiger partial charge on any atom is 0.175 e. The zero-order valence-electron chi connectivity index (χ0n) is 3.37. The van der Waals surface area contributed by atoms with Crippen LogP contribution >= 0.6 is 0 Å². The van der Waals surface area contributed by atoms with Crippen LogP contribution in [0, 0.1) is 0 Å². The van der Waals surface area contributed by atoms with Gasteiger partial charge in [0.1, 0.15) is 0 Å². The van der Waals surface area contributed by atoms with Gasteiger partial charge in [0.15, 0.2) is 6.64 Å². The van der Waals surface area contributed by atoms with Crippen molar-refractivity contribution in [3.05, 3.63) is 0 Å². The first-order chi connectivity index (χ1) is 2.89. The second kappa shape index (κ2) is 0.878. The quantitative estimate of drug-likeness (QED) is 0.405. The lowest BCUT2D eigenvalue weighted by molar-refractivity contribution is 1.05. The number of hydrogen-bond acceptors (Lipinski definition) is 4. The third-order valence-electron chi connectivity index (χ3n) is 0.247. The van der Waals surface area contributed by atoms with Gasteiger partial charge in [0.05, 0.1) is 1.37 Å². The normalized spacial score (nSPS) is 24.4. The number of rotatable bonds is 0. The van der Waals surface area contributed by atoms with Gasteiger partial charge in [0.25, 0.3) is 0 Å². The summed E-state index contributed by atoms with van der Waals surface area (Å²) in [5, 5.41) is 12.5. The summed E-state index contributed by atoms with van der Waals surface area (Å²) in [4.78, 5) is 0. The molecule has 0 spiro atoms. The van der Waals surface area contributed by atoms with E-state index in [0.29, 0.717) is 0 Å². The van der Waals surface area contributed by atoms with Gasteiger partial charge in [-0.1, -0.05) is 0 Å². The topological polar surface area (TPSA) is 49.4 Å². The Balaban J connectivity index is 2.60. The van der Waals surface area contributed by atoms with E-state index in [4.69, 9.17) is 1.37 Å². The monoisotopic (exact) mass is 71.0 g/mol. The van der Waals surface area contributed by atoms with Crippen molar-refractivity contribution in [2.45, 2.75) is 0 Å². The van der Waals surface area contributed by atoms with Crippen LogP contribution in [0.5, 0.6) is 0 Å². The fourth-order valence-electron chi connectivity index (χ4n) is 0.115. The van der Waals surface area contributed by atoms with Crippen LogP contribution in [0.4, 0.5) is 0 Å². The SMILES string of the molecule is [2H]C1N=NN=N1. The van der Waals surface area contributed by atoms with Crippen LogP contribution in [0.15, 0.2) is 20.7 Å². The van der Waals surface area contributed by atoms with Gasteiger partial charge in [-0.05, 0) is 10.4 Å². The molecule has 26 valence electrons. The molecular weight excluding hydrogens is 68.0 g/mol. The van der Waals surface area contributed by atoms with Crippen molar-refractivity contribution in [1.82, 2.24) is 0 Å². The molecule has 4 nitrogen and oxygen atoms in total. The highest BCUT2D eigenvalue weighted by molar-refractivity contribution is 4.30. The van der Waals surface area contributed by atoms with Crippen molar-refractivity contribution < 1.29 is 1.37 Å². The molecule has 0 saturated carbocycles. The predicted molar refractivity (Wildman–Crippen MR) is 14.6 cm³/mol. The third-order valence-corrected chi connectivity index (χ3v) is 0.247. The molecule has 0 fully saturated rings. The molecule has 0 saturated heterocycles. The summed E-state index contributed by atoms with van der Waals surface area (Å²) in [5.41, 5.74) is 0. The highest BCUT2D eigenvalue weighted by Gasteiger charge is 1.76. The summed E-state index contributed by atoms with van der Waals surface area (Å²) in [6, 6.07) is 0. The van der Waals surface area contributed by atoms with E-state index in [0.717, 1.165) is 0 Å². The van der Waals surface area contributed by atoms with Gasteiger partial charge in [-0.25, -0.2) is 0 Å². The summed E-state index contributed by atoms with van der Waals surface area (Å²) in [7, 11) is 0. The molecule has 1 heterocycles. The minimum absolute atomic E-state index is 0.787. The van der Waals surface area contributed by atoms with Gasteiger partial charge in [0, 0.05) is 0 Å². The van der Waals surface area contributed by atoms with Crippen molar-refractivity contribution in [3.63, 3.8) is 0 Å². The summed E-state index contributed by atoms with van der Waals surface area (Å²) in [6.07, 6.45) is 0. The Kier molecular flexibility index (Phi) is 0.279. The van der Waals surface area contributed by atoms with Crippen LogP contribution in [-0.4, -0.2) is 6.64 Å². The average Bonchev–Trinajstić information content (AvgIpc) is 1.86. The second-order valence-electron chi connectivity index (χ2n) is 0.525. The number of nitrogens with zero attached hydrogens (tertiary/aromatic N) is 4. The maximum absolute atomic E-state index is 6.61. The first-order valence-corrected chi connectivity index (χ1v) is 1.12. The largest absolute Gasteiger partial charge is 0.175 e. The number of hydrogen-bond donors (Lipinski definition) is 0. The minimum atomic E-state index is -0.787. The molecule has 0 amide bonds. The highest BCUT2D eigenvalue weighted by atomic mass is 15.5. The molecule has 4 heteroatoms. The Morgan fingerprint density at radius 1 is 1.40 bits per heavy atom. The molecule has 0 bridgehead atoms. The average molecular weight is 71.1 g/mol. The van der Waals surface area contributed by atoms with E-state index in [1.54, 1.807) is 0 Å². The highest BCUT2D eigenvalue weighted by Crippen LogP contribution is 1.87. The van der Waals surface area contributed by atoms with Crippen molar-refractivity contribution in [1.29, 1.82) is 0 Å².